The van der Waals surface area contributed by atoms with Gasteiger partial charge in [0, 0.05) is 17.8 Å². The molecule has 3 aromatic rings. The molecule has 0 bridgehead atoms. The Morgan fingerprint density at radius 2 is 2.03 bits per heavy atom. The number of aliphatic imine (C=N–C) groups is 2. The summed E-state index contributed by atoms with van der Waals surface area (Å²) in [5.41, 5.74) is 1.76. The summed E-state index contributed by atoms with van der Waals surface area (Å²) in [7, 11) is 2.09. The number of piperidine rings is 1. The van der Waals surface area contributed by atoms with Crippen LogP contribution in [0, 0.1) is 18.7 Å². The smallest absolute Gasteiger partial charge is 0.167 e. The Labute approximate surface area is 221 Å². The molecular formula is C28H35F2N7O. The molecule has 1 fully saturated rings. The van der Waals surface area contributed by atoms with E-state index in [9.17, 15) is 13.9 Å². The van der Waals surface area contributed by atoms with Crippen molar-refractivity contribution in [3.63, 3.8) is 0 Å². The first kappa shape index (κ1) is 27.5. The topological polar surface area (TPSA) is 90.9 Å². The van der Waals surface area contributed by atoms with Gasteiger partial charge in [0.2, 0.25) is 0 Å². The average molecular weight is 524 g/mol. The molecule has 8 nitrogen and oxygen atoms in total. The fraction of sp³-hybridized carbons (Fsp3) is 0.429. The van der Waals surface area contributed by atoms with E-state index in [1.165, 1.54) is 6.07 Å². The zero-order chi connectivity index (χ0) is 27.4. The first-order chi connectivity index (χ1) is 18.2. The summed E-state index contributed by atoms with van der Waals surface area (Å²) in [6, 6.07) is 6.55. The lowest BCUT2D eigenvalue weighted by Gasteiger charge is -2.32. The Balaban J connectivity index is 1.54. The van der Waals surface area contributed by atoms with Crippen LogP contribution in [-0.4, -0.2) is 63.8 Å². The molecule has 1 atom stereocenters. The second-order valence-electron chi connectivity index (χ2n) is 10.0. The number of likely N-dealkylation sites (tertiary alicyclic amines) is 1. The maximum absolute atomic E-state index is 15.0. The molecule has 0 saturated carbocycles. The number of hydrogen-bond donors (Lipinski definition) is 2. The Morgan fingerprint density at radius 3 is 2.66 bits per heavy atom. The summed E-state index contributed by atoms with van der Waals surface area (Å²) in [5, 5.41) is 13.8. The molecule has 2 aromatic heterocycles. The maximum atomic E-state index is 15.0. The van der Waals surface area contributed by atoms with Gasteiger partial charge in [0.25, 0.3) is 0 Å². The lowest BCUT2D eigenvalue weighted by Crippen LogP contribution is -2.32. The van der Waals surface area contributed by atoms with Crippen LogP contribution in [-0.2, 0) is 0 Å². The largest absolute Gasteiger partial charge is 0.388 e. The van der Waals surface area contributed by atoms with E-state index in [0.29, 0.717) is 17.2 Å². The van der Waals surface area contributed by atoms with Crippen molar-refractivity contribution in [2.24, 2.45) is 15.9 Å². The highest BCUT2D eigenvalue weighted by atomic mass is 19.1. The van der Waals surface area contributed by atoms with Crippen molar-refractivity contribution in [3.05, 3.63) is 65.3 Å². The third kappa shape index (κ3) is 5.97. The van der Waals surface area contributed by atoms with Crippen LogP contribution < -0.4 is 5.32 Å². The molecular weight excluding hydrogens is 488 g/mol. The van der Waals surface area contributed by atoms with Gasteiger partial charge in [0.1, 0.15) is 29.5 Å². The van der Waals surface area contributed by atoms with Gasteiger partial charge in [-0.3, -0.25) is 9.98 Å². The molecule has 202 valence electrons. The quantitative estimate of drug-likeness (QED) is 0.376. The third-order valence-electron chi connectivity index (χ3n) is 6.98. The molecule has 1 aliphatic rings. The number of pyridine rings is 1. The number of rotatable bonds is 9. The van der Waals surface area contributed by atoms with Crippen LogP contribution in [0.15, 0.2) is 52.5 Å². The number of nitrogens with zero attached hydrogens (tertiary/aromatic N) is 6. The van der Waals surface area contributed by atoms with Gasteiger partial charge in [-0.2, -0.15) is 0 Å². The summed E-state index contributed by atoms with van der Waals surface area (Å²) in [4.78, 5) is 18.9. The lowest BCUT2D eigenvalue weighted by atomic mass is 9.88. The molecule has 1 aromatic carbocycles. The van der Waals surface area contributed by atoms with Crippen LogP contribution in [0.4, 0.5) is 14.6 Å². The average Bonchev–Trinajstić information content (AvgIpc) is 3.23. The molecule has 1 aliphatic heterocycles. The molecule has 1 saturated heterocycles. The van der Waals surface area contributed by atoms with Gasteiger partial charge in [-0.1, -0.05) is 6.07 Å². The van der Waals surface area contributed by atoms with Crippen LogP contribution in [0.1, 0.15) is 55.8 Å². The number of benzene rings is 1. The van der Waals surface area contributed by atoms with E-state index in [4.69, 9.17) is 0 Å². The number of halogens is 2. The normalized spacial score (nSPS) is 16.8. The summed E-state index contributed by atoms with van der Waals surface area (Å²) < 4.78 is 31.9. The van der Waals surface area contributed by atoms with Crippen LogP contribution in [0.25, 0.3) is 11.0 Å². The molecule has 0 amide bonds. The van der Waals surface area contributed by atoms with E-state index in [2.05, 4.69) is 43.9 Å². The fourth-order valence-electron chi connectivity index (χ4n) is 5.00. The lowest BCUT2D eigenvalue weighted by molar-refractivity contribution is 0.0655. The van der Waals surface area contributed by atoms with Gasteiger partial charge in [0.15, 0.2) is 11.6 Å². The Hall–Kier alpha value is -3.50. The van der Waals surface area contributed by atoms with Gasteiger partial charge >= 0.3 is 0 Å². The van der Waals surface area contributed by atoms with Gasteiger partial charge < -0.3 is 19.9 Å². The number of fused-ring (bicyclic) bond motifs is 1. The number of imidazole rings is 1. The minimum Gasteiger partial charge on any atom is -0.388 e. The molecule has 3 heterocycles. The minimum absolute atomic E-state index is 0.0142. The van der Waals surface area contributed by atoms with E-state index in [1.807, 2.05) is 31.4 Å². The van der Waals surface area contributed by atoms with Crippen molar-refractivity contribution in [2.75, 3.05) is 32.1 Å². The first-order valence-electron chi connectivity index (χ1n) is 12.8. The fourth-order valence-corrected chi connectivity index (χ4v) is 5.00. The van der Waals surface area contributed by atoms with E-state index in [-0.39, 0.29) is 35.4 Å². The van der Waals surface area contributed by atoms with E-state index < -0.39 is 17.7 Å². The molecule has 4 rings (SSSR count). The van der Waals surface area contributed by atoms with Crippen molar-refractivity contribution >= 4 is 29.3 Å². The maximum Gasteiger partial charge on any atom is 0.167 e. The van der Waals surface area contributed by atoms with Crippen molar-refractivity contribution < 1.29 is 13.9 Å². The van der Waals surface area contributed by atoms with Gasteiger partial charge in [-0.25, -0.2) is 18.7 Å². The number of aromatic nitrogens is 3. The Morgan fingerprint density at radius 1 is 1.29 bits per heavy atom. The number of allylic oxidation sites excluding steroid dienone is 1. The minimum atomic E-state index is -0.738. The Bertz CT molecular complexity index is 1340. The van der Waals surface area contributed by atoms with Crippen molar-refractivity contribution in [2.45, 2.75) is 45.8 Å². The summed E-state index contributed by atoms with van der Waals surface area (Å²) in [6.45, 7) is 11.0. The molecule has 0 spiro atoms. The highest BCUT2D eigenvalue weighted by Crippen LogP contribution is 2.30. The summed E-state index contributed by atoms with van der Waals surface area (Å²) in [6.07, 6.45) is 3.92. The number of aliphatic hydroxyl groups excluding tert-OH is 1. The number of hydrogen-bond acceptors (Lipinski definition) is 7. The van der Waals surface area contributed by atoms with Crippen LogP contribution in [0.2, 0.25) is 0 Å². The van der Waals surface area contributed by atoms with E-state index in [1.54, 1.807) is 18.3 Å². The number of nitrogens with one attached hydrogen (secondary N) is 1. The molecule has 10 heteroatoms. The first-order valence-corrected chi connectivity index (χ1v) is 12.8. The monoisotopic (exact) mass is 523 g/mol. The highest BCUT2D eigenvalue weighted by Gasteiger charge is 2.25. The zero-order valence-corrected chi connectivity index (χ0v) is 22.3. The molecule has 38 heavy (non-hydrogen) atoms. The van der Waals surface area contributed by atoms with E-state index >= 15 is 0 Å². The van der Waals surface area contributed by atoms with Crippen LogP contribution >= 0.6 is 0 Å². The molecule has 0 radical (unpaired) electrons. The molecule has 0 aliphatic carbocycles. The van der Waals surface area contributed by atoms with Crippen LogP contribution in [0.5, 0.6) is 0 Å². The second kappa shape index (κ2) is 11.9. The van der Waals surface area contributed by atoms with E-state index in [0.717, 1.165) is 37.7 Å². The van der Waals surface area contributed by atoms with Crippen molar-refractivity contribution in [1.82, 2.24) is 19.4 Å². The van der Waals surface area contributed by atoms with Crippen molar-refractivity contribution in [3.8, 4) is 0 Å². The van der Waals surface area contributed by atoms with Crippen molar-refractivity contribution in [1.29, 1.82) is 0 Å². The zero-order valence-electron chi connectivity index (χ0n) is 22.3. The second-order valence-corrected chi connectivity index (χ2v) is 10.0. The number of aryl methyl sites for hydroxylation is 1. The van der Waals surface area contributed by atoms with Gasteiger partial charge in [0.05, 0.1) is 17.8 Å². The number of anilines is 1. The molecule has 0 unspecified atom stereocenters. The van der Waals surface area contributed by atoms with Crippen LogP contribution in [0.3, 0.4) is 0 Å². The molecule has 2 N–H and O–H groups in total. The summed E-state index contributed by atoms with van der Waals surface area (Å²) >= 11 is 0. The third-order valence-corrected chi connectivity index (χ3v) is 6.98. The predicted molar refractivity (Wildman–Crippen MR) is 148 cm³/mol. The standard InChI is InChI=1S/C28H35F2N7O/c1-17(2)37-18(3)35-27-22(29)12-21(13-24(27)37)26(23(30)15-31-4)34-16-33-25-7-6-20(14-32-25)28(38)19-8-10-36(5)11-9-19/h6-7,12-15,17,19,28,38H,4,8-11,16H2,1-3,5H3,(H,32,33)/b23-15+,34-26?/t28-/m1/s1. The SMILES string of the molecule is C=N/C=C(/F)C(=NCNc1ccc([C@H](O)C2CCN(C)CC2)cn1)c1cc(F)c2nc(C)n(C(C)C)c2c1. The van der Waals surface area contributed by atoms with Gasteiger partial charge in [-0.05, 0) is 90.1 Å². The highest BCUT2D eigenvalue weighted by molar-refractivity contribution is 6.12. The number of aliphatic hydroxyl groups is 1. The Kier molecular flexibility index (Phi) is 8.63. The summed E-state index contributed by atoms with van der Waals surface area (Å²) in [5.74, 6) is 0.109. The predicted octanol–water partition coefficient (Wildman–Crippen LogP) is 5.21. The van der Waals surface area contributed by atoms with Gasteiger partial charge in [-0.15, -0.1) is 0 Å².